The maximum atomic E-state index is 10.1. The van der Waals surface area contributed by atoms with Gasteiger partial charge in [-0.05, 0) is 30.6 Å². The normalized spacial score (nSPS) is 12.7. The van der Waals surface area contributed by atoms with Gasteiger partial charge in [0, 0.05) is 0 Å². The minimum Gasteiger partial charge on any atom is -0.376 e. The highest BCUT2D eigenvalue weighted by Crippen LogP contribution is 2.20. The summed E-state index contributed by atoms with van der Waals surface area (Å²) in [5.41, 5.74) is 5.51. The fourth-order valence-electron chi connectivity index (χ4n) is 2.16. The van der Waals surface area contributed by atoms with Crippen molar-refractivity contribution in [3.05, 3.63) is 35.4 Å². The lowest BCUT2D eigenvalue weighted by atomic mass is 10.1. The number of aryl methyl sites for hydroxylation is 1. The van der Waals surface area contributed by atoms with Crippen LogP contribution in [0.15, 0.2) is 24.3 Å². The Morgan fingerprint density at radius 1 is 1.17 bits per heavy atom. The molecule has 0 aliphatic carbocycles. The van der Waals surface area contributed by atoms with Gasteiger partial charge in [-0.2, -0.15) is 0 Å². The van der Waals surface area contributed by atoms with Crippen molar-refractivity contribution in [2.75, 3.05) is 0 Å². The fourth-order valence-corrected chi connectivity index (χ4v) is 4.63. The van der Waals surface area contributed by atoms with Gasteiger partial charge in [0.2, 0.25) is 0 Å². The van der Waals surface area contributed by atoms with Crippen molar-refractivity contribution in [3.63, 3.8) is 0 Å². The Hall–Kier alpha value is -1.04. The molecule has 1 atom stereocenters. The van der Waals surface area contributed by atoms with E-state index in [1.807, 2.05) is 31.2 Å². The van der Waals surface area contributed by atoms with Gasteiger partial charge < -0.3 is 5.11 Å². The van der Waals surface area contributed by atoms with Crippen LogP contribution < -0.4 is 0 Å². The first-order valence-electron chi connectivity index (χ1n) is 6.84. The molecule has 0 saturated carbocycles. The van der Waals surface area contributed by atoms with Gasteiger partial charge in [0.15, 0.2) is 0 Å². The molecular weight excluding hydrogens is 236 g/mol. The van der Waals surface area contributed by atoms with Gasteiger partial charge in [0.25, 0.3) is 0 Å². The number of aliphatic hydroxyl groups is 1. The average Bonchev–Trinajstić information content (AvgIpc) is 2.40. The predicted octanol–water partition coefficient (Wildman–Crippen LogP) is 4.08. The number of rotatable bonds is 4. The van der Waals surface area contributed by atoms with E-state index in [0.29, 0.717) is 0 Å². The summed E-state index contributed by atoms with van der Waals surface area (Å²) in [7, 11) is -1.45. The molecule has 1 nitrogen and oxygen atoms in total. The molecule has 18 heavy (non-hydrogen) atoms. The van der Waals surface area contributed by atoms with E-state index in [4.69, 9.17) is 0 Å². The maximum absolute atomic E-state index is 10.1. The Morgan fingerprint density at radius 2 is 1.78 bits per heavy atom. The second kappa shape index (κ2) is 6.77. The van der Waals surface area contributed by atoms with Gasteiger partial charge in [-0.25, -0.2) is 0 Å². The van der Waals surface area contributed by atoms with Crippen molar-refractivity contribution < 1.29 is 5.11 Å². The van der Waals surface area contributed by atoms with Crippen LogP contribution in [0.4, 0.5) is 0 Å². The van der Waals surface area contributed by atoms with E-state index in [1.165, 1.54) is 23.7 Å². The molecule has 0 radical (unpaired) electrons. The second-order valence-corrected chi connectivity index (χ2v) is 9.86. The van der Waals surface area contributed by atoms with E-state index in [0.717, 1.165) is 5.56 Å². The highest BCUT2D eigenvalue weighted by Gasteiger charge is 2.24. The summed E-state index contributed by atoms with van der Waals surface area (Å²) in [5.74, 6) is 3.09. The third kappa shape index (κ3) is 3.73. The number of benzene rings is 1. The van der Waals surface area contributed by atoms with E-state index < -0.39 is 14.2 Å². The second-order valence-electron chi connectivity index (χ2n) is 4.93. The van der Waals surface area contributed by atoms with Crippen LogP contribution in [0.3, 0.4) is 0 Å². The molecule has 98 valence electrons. The molecule has 0 fully saturated rings. The van der Waals surface area contributed by atoms with Crippen molar-refractivity contribution in [2.45, 2.75) is 51.9 Å². The van der Waals surface area contributed by atoms with Gasteiger partial charge in [-0.1, -0.05) is 56.5 Å². The summed E-state index contributed by atoms with van der Waals surface area (Å²) in [6.45, 7) is 8.72. The minimum atomic E-state index is -1.45. The smallest absolute Gasteiger partial charge is 0.139 e. The average molecular weight is 260 g/mol. The van der Waals surface area contributed by atoms with Gasteiger partial charge in [-0.3, -0.25) is 0 Å². The van der Waals surface area contributed by atoms with Crippen LogP contribution in [0.25, 0.3) is 0 Å². The Morgan fingerprint density at radius 3 is 2.28 bits per heavy atom. The van der Waals surface area contributed by atoms with Crippen LogP contribution >= 0.6 is 0 Å². The lowest BCUT2D eigenvalue weighted by Gasteiger charge is -2.20. The maximum Gasteiger partial charge on any atom is 0.139 e. The Bertz CT molecular complexity index is 430. The summed E-state index contributed by atoms with van der Waals surface area (Å²) in [5, 5.41) is 10.1. The van der Waals surface area contributed by atoms with Crippen LogP contribution in [-0.4, -0.2) is 13.2 Å². The molecule has 1 unspecified atom stereocenters. The Kier molecular flexibility index (Phi) is 5.65. The number of aliphatic hydroxyl groups excluding tert-OH is 1. The SMILES string of the molecule is CC[Si](C#CC(O)c1cccc(C)c1)(CC)CC. The molecule has 1 N–H and O–H groups in total. The molecule has 1 rings (SSSR count). The van der Waals surface area contributed by atoms with Crippen LogP contribution in [0.1, 0.15) is 38.0 Å². The molecule has 0 bridgehead atoms. The summed E-state index contributed by atoms with van der Waals surface area (Å²) in [4.78, 5) is 0. The van der Waals surface area contributed by atoms with E-state index >= 15 is 0 Å². The molecule has 0 aliphatic rings. The van der Waals surface area contributed by atoms with Crippen LogP contribution in [-0.2, 0) is 0 Å². The predicted molar refractivity (Wildman–Crippen MR) is 81.1 cm³/mol. The molecule has 0 heterocycles. The zero-order valence-electron chi connectivity index (χ0n) is 12.0. The van der Waals surface area contributed by atoms with Crippen LogP contribution in [0.5, 0.6) is 0 Å². The first-order chi connectivity index (χ1) is 8.56. The number of hydrogen-bond donors (Lipinski definition) is 1. The monoisotopic (exact) mass is 260 g/mol. The van der Waals surface area contributed by atoms with Gasteiger partial charge in [0.1, 0.15) is 14.2 Å². The minimum absolute atomic E-state index is 0.638. The molecule has 2 heteroatoms. The van der Waals surface area contributed by atoms with E-state index in [1.54, 1.807) is 0 Å². The Balaban J connectivity index is 2.91. The summed E-state index contributed by atoms with van der Waals surface area (Å²) < 4.78 is 0. The molecule has 0 aliphatic heterocycles. The van der Waals surface area contributed by atoms with Crippen LogP contribution in [0, 0.1) is 18.4 Å². The van der Waals surface area contributed by atoms with E-state index in [-0.39, 0.29) is 0 Å². The summed E-state index contributed by atoms with van der Waals surface area (Å²) >= 11 is 0. The van der Waals surface area contributed by atoms with Crippen molar-refractivity contribution in [3.8, 4) is 11.5 Å². The van der Waals surface area contributed by atoms with Crippen molar-refractivity contribution >= 4 is 8.07 Å². The van der Waals surface area contributed by atoms with Crippen molar-refractivity contribution in [1.82, 2.24) is 0 Å². The van der Waals surface area contributed by atoms with Gasteiger partial charge in [0.05, 0.1) is 0 Å². The third-order valence-corrected chi connectivity index (χ3v) is 8.60. The lowest BCUT2D eigenvalue weighted by Crippen LogP contribution is -2.29. The van der Waals surface area contributed by atoms with Crippen molar-refractivity contribution in [2.24, 2.45) is 0 Å². The van der Waals surface area contributed by atoms with E-state index in [9.17, 15) is 5.11 Å². The molecule has 0 saturated heterocycles. The highest BCUT2D eigenvalue weighted by molar-refractivity contribution is 6.87. The van der Waals surface area contributed by atoms with E-state index in [2.05, 4.69) is 32.2 Å². The quantitative estimate of drug-likeness (QED) is 0.639. The fraction of sp³-hybridized carbons (Fsp3) is 0.500. The molecule has 0 aromatic heterocycles. The van der Waals surface area contributed by atoms with Gasteiger partial charge >= 0.3 is 0 Å². The zero-order valence-corrected chi connectivity index (χ0v) is 13.0. The third-order valence-electron chi connectivity index (χ3n) is 3.86. The standard InChI is InChI=1S/C16H24OSi/c1-5-18(6-2,7-3)12-11-16(17)15-10-8-9-14(4)13-15/h8-10,13,16-17H,5-7H2,1-4H3. The zero-order chi connectivity index (χ0) is 13.6. The molecule has 1 aromatic carbocycles. The Labute approximate surface area is 112 Å². The molecular formula is C16H24OSi. The number of hydrogen-bond acceptors (Lipinski definition) is 1. The molecule has 0 spiro atoms. The summed E-state index contributed by atoms with van der Waals surface area (Å²) in [6.07, 6.45) is -0.638. The topological polar surface area (TPSA) is 20.2 Å². The first-order valence-corrected chi connectivity index (χ1v) is 9.46. The van der Waals surface area contributed by atoms with Crippen molar-refractivity contribution in [1.29, 1.82) is 0 Å². The first kappa shape index (κ1) is 15.0. The highest BCUT2D eigenvalue weighted by atomic mass is 28.3. The van der Waals surface area contributed by atoms with Gasteiger partial charge in [-0.15, -0.1) is 5.54 Å². The summed E-state index contributed by atoms with van der Waals surface area (Å²) in [6, 6.07) is 11.5. The molecule has 1 aromatic rings. The molecule has 0 amide bonds. The largest absolute Gasteiger partial charge is 0.376 e. The lowest BCUT2D eigenvalue weighted by molar-refractivity contribution is 0.238. The van der Waals surface area contributed by atoms with Crippen LogP contribution in [0.2, 0.25) is 18.1 Å².